The molecule has 0 unspecified atom stereocenters. The highest BCUT2D eigenvalue weighted by molar-refractivity contribution is 5.87. The fraction of sp³-hybridized carbons (Fsp3) is 0.136. The Balaban J connectivity index is 1.58. The Kier molecular flexibility index (Phi) is 5.94. The van der Waals surface area contributed by atoms with Gasteiger partial charge in [-0.05, 0) is 23.3 Å². The number of carbonyl (C=O) groups excluding carboxylic acids is 1. The van der Waals surface area contributed by atoms with Crippen molar-refractivity contribution >= 4 is 17.4 Å². The largest absolute Gasteiger partial charge is 0.359 e. The van der Waals surface area contributed by atoms with Crippen LogP contribution in [0.1, 0.15) is 23.7 Å². The molecule has 2 N–H and O–H groups in total. The van der Waals surface area contributed by atoms with Crippen molar-refractivity contribution in [2.24, 2.45) is 0 Å². The van der Waals surface area contributed by atoms with E-state index < -0.39 is 0 Å². The molecule has 5 nitrogen and oxygen atoms in total. The molecule has 0 aliphatic carbocycles. The maximum Gasteiger partial charge on any atom is 0.222 e. The van der Waals surface area contributed by atoms with Gasteiger partial charge in [-0.15, -0.1) is 0 Å². The van der Waals surface area contributed by atoms with E-state index in [0.29, 0.717) is 12.2 Å². The number of allylic oxidation sites excluding steroid dienone is 1. The standard InChI is InChI=1S/C22H22N4O/c1-16(12-18-6-4-3-5-7-18)25-20-10-8-19(9-11-20)13-21-14-22(24-15-23-21)26-17(2)27/h3-11,14-15,25H,1,12-13H2,2H3,(H,23,24,26,27). The van der Waals surface area contributed by atoms with Crippen molar-refractivity contribution < 1.29 is 4.79 Å². The molecule has 1 heterocycles. The molecule has 3 rings (SSSR count). The summed E-state index contributed by atoms with van der Waals surface area (Å²) in [7, 11) is 0. The lowest BCUT2D eigenvalue weighted by Gasteiger charge is -2.11. The van der Waals surface area contributed by atoms with Gasteiger partial charge in [0.15, 0.2) is 0 Å². The van der Waals surface area contributed by atoms with Crippen molar-refractivity contribution in [3.05, 3.63) is 96.1 Å². The highest BCUT2D eigenvalue weighted by Gasteiger charge is 2.03. The summed E-state index contributed by atoms with van der Waals surface area (Å²) in [5.74, 6) is 0.369. The quantitative estimate of drug-likeness (QED) is 0.664. The molecule has 27 heavy (non-hydrogen) atoms. The minimum Gasteiger partial charge on any atom is -0.359 e. The van der Waals surface area contributed by atoms with Gasteiger partial charge < -0.3 is 10.6 Å². The summed E-state index contributed by atoms with van der Waals surface area (Å²) < 4.78 is 0. The van der Waals surface area contributed by atoms with Gasteiger partial charge in [0.05, 0.1) is 5.69 Å². The molecule has 0 fully saturated rings. The third-order valence-electron chi connectivity index (χ3n) is 3.95. The Morgan fingerprint density at radius 3 is 2.41 bits per heavy atom. The van der Waals surface area contributed by atoms with Gasteiger partial charge in [0.2, 0.25) is 5.91 Å². The van der Waals surface area contributed by atoms with Crippen LogP contribution in [0.4, 0.5) is 11.5 Å². The van der Waals surface area contributed by atoms with E-state index in [1.807, 2.05) is 30.3 Å². The summed E-state index contributed by atoms with van der Waals surface area (Å²) in [6.45, 7) is 5.56. The van der Waals surface area contributed by atoms with Gasteiger partial charge in [0.1, 0.15) is 12.1 Å². The summed E-state index contributed by atoms with van der Waals surface area (Å²) >= 11 is 0. The molecule has 0 aliphatic rings. The molecule has 2 aromatic carbocycles. The monoisotopic (exact) mass is 358 g/mol. The van der Waals surface area contributed by atoms with Crippen LogP contribution in [0.2, 0.25) is 0 Å². The molecular formula is C22H22N4O. The van der Waals surface area contributed by atoms with Crippen LogP contribution < -0.4 is 10.6 Å². The summed E-state index contributed by atoms with van der Waals surface area (Å²) in [6.07, 6.45) is 2.92. The van der Waals surface area contributed by atoms with Gasteiger partial charge in [-0.1, -0.05) is 49.0 Å². The second kappa shape index (κ2) is 8.76. The van der Waals surface area contributed by atoms with Gasteiger partial charge >= 0.3 is 0 Å². The van der Waals surface area contributed by atoms with E-state index >= 15 is 0 Å². The number of hydrogen-bond acceptors (Lipinski definition) is 4. The number of aromatic nitrogens is 2. The fourth-order valence-electron chi connectivity index (χ4n) is 2.75. The maximum absolute atomic E-state index is 11.1. The van der Waals surface area contributed by atoms with Crippen LogP contribution in [0.5, 0.6) is 0 Å². The van der Waals surface area contributed by atoms with Crippen LogP contribution in [-0.2, 0) is 17.6 Å². The molecule has 0 atom stereocenters. The molecule has 1 aromatic heterocycles. The zero-order chi connectivity index (χ0) is 19.1. The summed E-state index contributed by atoms with van der Waals surface area (Å²) in [6, 6.07) is 20.2. The van der Waals surface area contributed by atoms with Gasteiger partial charge in [0, 0.05) is 37.2 Å². The number of carbonyl (C=O) groups is 1. The lowest BCUT2D eigenvalue weighted by molar-refractivity contribution is -0.114. The van der Waals surface area contributed by atoms with E-state index in [-0.39, 0.29) is 5.91 Å². The van der Waals surface area contributed by atoms with E-state index in [0.717, 1.165) is 29.1 Å². The minimum atomic E-state index is -0.147. The number of benzene rings is 2. The number of rotatable bonds is 7. The topological polar surface area (TPSA) is 66.9 Å². The Labute approximate surface area is 159 Å². The zero-order valence-corrected chi connectivity index (χ0v) is 15.3. The molecule has 1 amide bonds. The zero-order valence-electron chi connectivity index (χ0n) is 15.3. The highest BCUT2D eigenvalue weighted by Crippen LogP contribution is 2.16. The molecule has 136 valence electrons. The summed E-state index contributed by atoms with van der Waals surface area (Å²) in [5.41, 5.74) is 5.15. The van der Waals surface area contributed by atoms with E-state index in [9.17, 15) is 4.79 Å². The lowest BCUT2D eigenvalue weighted by atomic mass is 10.1. The molecular weight excluding hydrogens is 336 g/mol. The Morgan fingerprint density at radius 2 is 1.70 bits per heavy atom. The number of nitrogens with one attached hydrogen (secondary N) is 2. The maximum atomic E-state index is 11.1. The van der Waals surface area contributed by atoms with Gasteiger partial charge in [0.25, 0.3) is 0 Å². The average Bonchev–Trinajstić information content (AvgIpc) is 2.64. The van der Waals surface area contributed by atoms with Crippen LogP contribution in [-0.4, -0.2) is 15.9 Å². The van der Waals surface area contributed by atoms with Gasteiger partial charge in [-0.3, -0.25) is 4.79 Å². The van der Waals surface area contributed by atoms with Crippen molar-refractivity contribution in [2.75, 3.05) is 10.6 Å². The van der Waals surface area contributed by atoms with E-state index in [1.54, 1.807) is 6.07 Å². The number of nitrogens with zero attached hydrogens (tertiary/aromatic N) is 2. The molecule has 3 aromatic rings. The van der Waals surface area contributed by atoms with E-state index in [1.165, 1.54) is 18.8 Å². The first-order valence-corrected chi connectivity index (χ1v) is 8.74. The third kappa shape index (κ3) is 5.78. The van der Waals surface area contributed by atoms with Crippen molar-refractivity contribution in [2.45, 2.75) is 19.8 Å². The average molecular weight is 358 g/mol. The van der Waals surface area contributed by atoms with E-state index in [4.69, 9.17) is 0 Å². The molecule has 0 bridgehead atoms. The SMILES string of the molecule is C=C(Cc1ccccc1)Nc1ccc(Cc2cc(NC(C)=O)ncn2)cc1. The van der Waals surface area contributed by atoms with Crippen LogP contribution in [0.15, 0.2) is 79.3 Å². The molecule has 0 aliphatic heterocycles. The normalized spacial score (nSPS) is 10.3. The molecule has 0 spiro atoms. The highest BCUT2D eigenvalue weighted by atomic mass is 16.1. The van der Waals surface area contributed by atoms with Gasteiger partial charge in [-0.25, -0.2) is 9.97 Å². The van der Waals surface area contributed by atoms with E-state index in [2.05, 4.69) is 51.4 Å². The van der Waals surface area contributed by atoms with Crippen LogP contribution in [0, 0.1) is 0 Å². The predicted molar refractivity (Wildman–Crippen MR) is 108 cm³/mol. The Morgan fingerprint density at radius 1 is 0.963 bits per heavy atom. The van der Waals surface area contributed by atoms with Crippen molar-refractivity contribution in [1.82, 2.24) is 9.97 Å². The van der Waals surface area contributed by atoms with Crippen LogP contribution in [0.25, 0.3) is 0 Å². The van der Waals surface area contributed by atoms with Crippen molar-refractivity contribution in [1.29, 1.82) is 0 Å². The molecule has 0 saturated heterocycles. The Bertz CT molecular complexity index is 921. The second-order valence-corrected chi connectivity index (χ2v) is 6.34. The van der Waals surface area contributed by atoms with Crippen LogP contribution >= 0.6 is 0 Å². The molecule has 5 heteroatoms. The fourth-order valence-corrected chi connectivity index (χ4v) is 2.75. The van der Waals surface area contributed by atoms with Gasteiger partial charge in [-0.2, -0.15) is 0 Å². The number of amides is 1. The number of hydrogen-bond donors (Lipinski definition) is 2. The lowest BCUT2D eigenvalue weighted by Crippen LogP contribution is -2.08. The van der Waals surface area contributed by atoms with Crippen molar-refractivity contribution in [3.8, 4) is 0 Å². The predicted octanol–water partition coefficient (Wildman–Crippen LogP) is 4.19. The minimum absolute atomic E-state index is 0.147. The first-order valence-electron chi connectivity index (χ1n) is 8.74. The second-order valence-electron chi connectivity index (χ2n) is 6.34. The van der Waals surface area contributed by atoms with Crippen molar-refractivity contribution in [3.63, 3.8) is 0 Å². The van der Waals surface area contributed by atoms with Crippen LogP contribution in [0.3, 0.4) is 0 Å². The third-order valence-corrected chi connectivity index (χ3v) is 3.95. The number of anilines is 2. The molecule has 0 radical (unpaired) electrons. The first kappa shape index (κ1) is 18.3. The Hall–Kier alpha value is -3.47. The smallest absolute Gasteiger partial charge is 0.222 e. The summed E-state index contributed by atoms with van der Waals surface area (Å²) in [5, 5.41) is 6.02. The molecule has 0 saturated carbocycles. The first-order chi connectivity index (χ1) is 13.1. The summed E-state index contributed by atoms with van der Waals surface area (Å²) in [4.78, 5) is 19.4.